The van der Waals surface area contributed by atoms with Gasteiger partial charge in [0, 0.05) is 0 Å². The van der Waals surface area contributed by atoms with Crippen molar-refractivity contribution in [2.75, 3.05) is 5.32 Å². The fourth-order valence-corrected chi connectivity index (χ4v) is 1.89. The van der Waals surface area contributed by atoms with Crippen LogP contribution in [0.2, 0.25) is 5.15 Å². The van der Waals surface area contributed by atoms with E-state index in [2.05, 4.69) is 10.3 Å². The van der Waals surface area contributed by atoms with Gasteiger partial charge in [0.15, 0.2) is 0 Å². The molecule has 2 rings (SSSR count). The molecule has 0 radical (unpaired) electrons. The number of anilines is 1. The summed E-state index contributed by atoms with van der Waals surface area (Å²) in [4.78, 5) is 15.8. The first kappa shape index (κ1) is 15.3. The van der Waals surface area contributed by atoms with Crippen LogP contribution in [0.4, 0.5) is 10.1 Å². The van der Waals surface area contributed by atoms with Gasteiger partial charge < -0.3 is 10.1 Å². The Labute approximate surface area is 126 Å². The first-order valence-electron chi connectivity index (χ1n) is 6.35. The summed E-state index contributed by atoms with van der Waals surface area (Å²) < 4.78 is 18.8. The summed E-state index contributed by atoms with van der Waals surface area (Å²) in [5.41, 5.74) is 0.451. The van der Waals surface area contributed by atoms with Crippen LogP contribution in [0.3, 0.4) is 0 Å². The molecular formula is C15H14ClFN2O2. The zero-order chi connectivity index (χ0) is 15.4. The van der Waals surface area contributed by atoms with Gasteiger partial charge >= 0.3 is 0 Å². The SMILES string of the molecule is CC(C)Oc1ccccc1NC(=O)c1cc(F)cnc1Cl. The predicted octanol–water partition coefficient (Wildman–Crippen LogP) is 3.91. The molecule has 0 unspecified atom stereocenters. The van der Waals surface area contributed by atoms with Gasteiger partial charge in [0.2, 0.25) is 0 Å². The average Bonchev–Trinajstić information content (AvgIpc) is 2.43. The number of benzene rings is 1. The summed E-state index contributed by atoms with van der Waals surface area (Å²) in [6, 6.07) is 8.02. The van der Waals surface area contributed by atoms with E-state index in [1.807, 2.05) is 13.8 Å². The molecule has 4 nitrogen and oxygen atoms in total. The molecule has 1 amide bonds. The van der Waals surface area contributed by atoms with E-state index in [4.69, 9.17) is 16.3 Å². The molecule has 0 fully saturated rings. The van der Waals surface area contributed by atoms with E-state index in [1.54, 1.807) is 24.3 Å². The highest BCUT2D eigenvalue weighted by Gasteiger charge is 2.15. The topological polar surface area (TPSA) is 51.2 Å². The van der Waals surface area contributed by atoms with Gasteiger partial charge in [-0.15, -0.1) is 0 Å². The molecule has 6 heteroatoms. The minimum absolute atomic E-state index is 0.0315. The maximum atomic E-state index is 13.2. The third-order valence-corrected chi connectivity index (χ3v) is 2.85. The largest absolute Gasteiger partial charge is 0.489 e. The van der Waals surface area contributed by atoms with Crippen LogP contribution in [0.1, 0.15) is 24.2 Å². The maximum Gasteiger partial charge on any atom is 0.259 e. The van der Waals surface area contributed by atoms with E-state index in [9.17, 15) is 9.18 Å². The number of nitrogens with one attached hydrogen (secondary N) is 1. The fraction of sp³-hybridized carbons (Fsp3) is 0.200. The molecule has 0 saturated heterocycles. The van der Waals surface area contributed by atoms with Crippen LogP contribution in [-0.4, -0.2) is 17.0 Å². The third-order valence-electron chi connectivity index (χ3n) is 2.55. The molecule has 0 aliphatic heterocycles. The number of pyridine rings is 1. The van der Waals surface area contributed by atoms with Crippen molar-refractivity contribution >= 4 is 23.2 Å². The van der Waals surface area contributed by atoms with Gasteiger partial charge in [-0.25, -0.2) is 9.37 Å². The van der Waals surface area contributed by atoms with Crippen molar-refractivity contribution in [2.45, 2.75) is 20.0 Å². The molecule has 21 heavy (non-hydrogen) atoms. The summed E-state index contributed by atoms with van der Waals surface area (Å²) in [6.45, 7) is 3.76. The highest BCUT2D eigenvalue weighted by atomic mass is 35.5. The van der Waals surface area contributed by atoms with Crippen LogP contribution in [0.25, 0.3) is 0 Å². The molecule has 1 aromatic heterocycles. The molecule has 0 saturated carbocycles. The Kier molecular flexibility index (Phi) is 4.75. The number of aromatic nitrogens is 1. The molecule has 2 aromatic rings. The van der Waals surface area contributed by atoms with Crippen molar-refractivity contribution in [3.8, 4) is 5.75 Å². The Balaban J connectivity index is 2.25. The van der Waals surface area contributed by atoms with Gasteiger partial charge in [-0.3, -0.25) is 4.79 Å². The van der Waals surface area contributed by atoms with E-state index in [0.29, 0.717) is 11.4 Å². The van der Waals surface area contributed by atoms with Crippen molar-refractivity contribution in [1.29, 1.82) is 0 Å². The van der Waals surface area contributed by atoms with Crippen molar-refractivity contribution in [3.63, 3.8) is 0 Å². The molecule has 1 heterocycles. The van der Waals surface area contributed by atoms with Crippen molar-refractivity contribution in [3.05, 3.63) is 53.1 Å². The number of hydrogen-bond acceptors (Lipinski definition) is 3. The number of halogens is 2. The lowest BCUT2D eigenvalue weighted by Crippen LogP contribution is -2.15. The number of rotatable bonds is 4. The number of nitrogens with zero attached hydrogens (tertiary/aromatic N) is 1. The fourth-order valence-electron chi connectivity index (χ4n) is 1.70. The molecule has 1 N–H and O–H groups in total. The lowest BCUT2D eigenvalue weighted by atomic mass is 10.2. The monoisotopic (exact) mass is 308 g/mol. The molecule has 0 spiro atoms. The number of ether oxygens (including phenoxy) is 1. The summed E-state index contributed by atoms with van der Waals surface area (Å²) >= 11 is 5.81. The van der Waals surface area contributed by atoms with E-state index < -0.39 is 11.7 Å². The number of hydrogen-bond donors (Lipinski definition) is 1. The van der Waals surface area contributed by atoms with E-state index in [1.165, 1.54) is 0 Å². The van der Waals surface area contributed by atoms with Gasteiger partial charge in [0.1, 0.15) is 16.7 Å². The van der Waals surface area contributed by atoms with E-state index in [0.717, 1.165) is 12.3 Å². The standard InChI is InChI=1S/C15H14ClFN2O2/c1-9(2)21-13-6-4-3-5-12(13)19-15(20)11-7-10(17)8-18-14(11)16/h3-9H,1-2H3,(H,19,20). The first-order valence-corrected chi connectivity index (χ1v) is 6.73. The maximum absolute atomic E-state index is 13.2. The minimum atomic E-state index is -0.628. The number of carbonyl (C=O) groups excluding carboxylic acids is 1. The molecule has 1 aromatic carbocycles. The van der Waals surface area contributed by atoms with Gasteiger partial charge in [0.25, 0.3) is 5.91 Å². The van der Waals surface area contributed by atoms with Gasteiger partial charge in [0.05, 0.1) is 23.6 Å². The van der Waals surface area contributed by atoms with Crippen LogP contribution >= 0.6 is 11.6 Å². The molecule has 0 bridgehead atoms. The Morgan fingerprint density at radius 2 is 2.10 bits per heavy atom. The van der Waals surface area contributed by atoms with Crippen LogP contribution in [0, 0.1) is 5.82 Å². The molecule has 0 aliphatic rings. The Morgan fingerprint density at radius 3 is 2.81 bits per heavy atom. The van der Waals surface area contributed by atoms with Crippen molar-refractivity contribution < 1.29 is 13.9 Å². The Hall–Kier alpha value is -2.14. The summed E-state index contributed by atoms with van der Waals surface area (Å²) in [5, 5.41) is 2.59. The first-order chi connectivity index (χ1) is 9.97. The molecule has 0 aliphatic carbocycles. The minimum Gasteiger partial charge on any atom is -0.489 e. The van der Waals surface area contributed by atoms with Crippen LogP contribution in [-0.2, 0) is 0 Å². The summed E-state index contributed by atoms with van der Waals surface area (Å²) in [7, 11) is 0. The zero-order valence-electron chi connectivity index (χ0n) is 11.6. The lowest BCUT2D eigenvalue weighted by molar-refractivity contribution is 0.102. The summed E-state index contributed by atoms with van der Waals surface area (Å²) in [6.07, 6.45) is 0.914. The average molecular weight is 309 g/mol. The predicted molar refractivity (Wildman–Crippen MR) is 79.4 cm³/mol. The highest BCUT2D eigenvalue weighted by molar-refractivity contribution is 6.33. The highest BCUT2D eigenvalue weighted by Crippen LogP contribution is 2.26. The molecular weight excluding hydrogens is 295 g/mol. The second-order valence-electron chi connectivity index (χ2n) is 4.61. The van der Waals surface area contributed by atoms with Crippen LogP contribution < -0.4 is 10.1 Å². The smallest absolute Gasteiger partial charge is 0.259 e. The molecule has 110 valence electrons. The summed E-state index contributed by atoms with van der Waals surface area (Å²) in [5.74, 6) is -0.649. The Morgan fingerprint density at radius 1 is 1.38 bits per heavy atom. The number of amides is 1. The second kappa shape index (κ2) is 6.54. The van der Waals surface area contributed by atoms with Gasteiger partial charge in [-0.05, 0) is 32.0 Å². The second-order valence-corrected chi connectivity index (χ2v) is 4.97. The van der Waals surface area contributed by atoms with Gasteiger partial charge in [-0.2, -0.15) is 0 Å². The van der Waals surface area contributed by atoms with E-state index in [-0.39, 0.29) is 16.8 Å². The Bertz CT molecular complexity index is 662. The van der Waals surface area contributed by atoms with Crippen LogP contribution in [0.15, 0.2) is 36.5 Å². The number of para-hydroxylation sites is 2. The quantitative estimate of drug-likeness (QED) is 0.871. The number of carbonyl (C=O) groups is 1. The van der Waals surface area contributed by atoms with Crippen molar-refractivity contribution in [1.82, 2.24) is 4.98 Å². The van der Waals surface area contributed by atoms with Crippen molar-refractivity contribution in [2.24, 2.45) is 0 Å². The molecule has 0 atom stereocenters. The van der Waals surface area contributed by atoms with Crippen LogP contribution in [0.5, 0.6) is 5.75 Å². The third kappa shape index (κ3) is 3.92. The van der Waals surface area contributed by atoms with E-state index >= 15 is 0 Å². The van der Waals surface area contributed by atoms with Gasteiger partial charge in [-0.1, -0.05) is 23.7 Å². The zero-order valence-corrected chi connectivity index (χ0v) is 12.3. The lowest BCUT2D eigenvalue weighted by Gasteiger charge is -2.15. The normalized spacial score (nSPS) is 10.5.